The second kappa shape index (κ2) is 6.43. The SMILES string of the molecule is O=C(CCNC(=O)C12CC3CC(CC(C3)C1)C2)Oc1ccc2c(c1)OCO2. The zero-order chi connectivity index (χ0) is 18.4. The zero-order valence-electron chi connectivity index (χ0n) is 15.4. The molecule has 6 nitrogen and oxygen atoms in total. The summed E-state index contributed by atoms with van der Waals surface area (Å²) in [5, 5.41) is 3.01. The highest BCUT2D eigenvalue weighted by atomic mass is 16.7. The number of benzene rings is 1. The van der Waals surface area contributed by atoms with Crippen LogP contribution in [0.2, 0.25) is 0 Å². The molecular weight excluding hydrogens is 346 g/mol. The van der Waals surface area contributed by atoms with Crippen molar-refractivity contribution in [3.8, 4) is 17.2 Å². The summed E-state index contributed by atoms with van der Waals surface area (Å²) in [4.78, 5) is 25.0. The molecule has 0 spiro atoms. The molecule has 5 aliphatic rings. The van der Waals surface area contributed by atoms with Crippen LogP contribution in [0.5, 0.6) is 17.2 Å². The standard InChI is InChI=1S/C21H25NO5/c23-19(27-16-1-2-17-18(8-16)26-12-25-17)3-4-22-20(24)21-9-13-5-14(10-21)7-15(6-13)11-21/h1-2,8,13-15H,3-7,9-12H2,(H,22,24). The molecule has 0 saturated heterocycles. The topological polar surface area (TPSA) is 73.9 Å². The van der Waals surface area contributed by atoms with Gasteiger partial charge in [0.1, 0.15) is 5.75 Å². The van der Waals surface area contributed by atoms with Gasteiger partial charge in [-0.05, 0) is 68.4 Å². The van der Waals surface area contributed by atoms with Gasteiger partial charge in [0.05, 0.1) is 6.42 Å². The van der Waals surface area contributed by atoms with E-state index in [0.717, 1.165) is 37.0 Å². The first-order valence-corrected chi connectivity index (χ1v) is 9.98. The number of amides is 1. The molecule has 6 rings (SSSR count). The smallest absolute Gasteiger partial charge is 0.312 e. The summed E-state index contributed by atoms with van der Waals surface area (Å²) in [5.74, 6) is 3.65. The zero-order valence-corrected chi connectivity index (χ0v) is 15.4. The van der Waals surface area contributed by atoms with Crippen molar-refractivity contribution in [1.29, 1.82) is 0 Å². The van der Waals surface area contributed by atoms with Crippen LogP contribution < -0.4 is 19.5 Å². The molecule has 1 amide bonds. The van der Waals surface area contributed by atoms with Crippen LogP contribution >= 0.6 is 0 Å². The van der Waals surface area contributed by atoms with Crippen molar-refractivity contribution in [2.24, 2.45) is 23.2 Å². The van der Waals surface area contributed by atoms with Crippen LogP contribution in [0.3, 0.4) is 0 Å². The summed E-state index contributed by atoms with van der Waals surface area (Å²) >= 11 is 0. The Morgan fingerprint density at radius 2 is 1.70 bits per heavy atom. The van der Waals surface area contributed by atoms with Crippen LogP contribution in [0, 0.1) is 23.2 Å². The van der Waals surface area contributed by atoms with Gasteiger partial charge in [-0.2, -0.15) is 0 Å². The van der Waals surface area contributed by atoms with E-state index in [0.29, 0.717) is 23.8 Å². The maximum absolute atomic E-state index is 12.9. The molecule has 0 atom stereocenters. The molecule has 1 aromatic carbocycles. The lowest BCUT2D eigenvalue weighted by atomic mass is 9.49. The monoisotopic (exact) mass is 371 g/mol. The van der Waals surface area contributed by atoms with Gasteiger partial charge in [0.25, 0.3) is 0 Å². The second-order valence-corrected chi connectivity index (χ2v) is 8.69. The molecular formula is C21H25NO5. The summed E-state index contributed by atoms with van der Waals surface area (Å²) in [6.45, 7) is 0.507. The molecule has 27 heavy (non-hydrogen) atoms. The first-order chi connectivity index (χ1) is 13.1. The van der Waals surface area contributed by atoms with E-state index >= 15 is 0 Å². The number of carbonyl (C=O) groups is 2. The molecule has 1 heterocycles. The van der Waals surface area contributed by atoms with E-state index in [-0.39, 0.29) is 30.5 Å². The average Bonchev–Trinajstić information content (AvgIpc) is 3.08. The van der Waals surface area contributed by atoms with E-state index in [1.165, 1.54) is 19.3 Å². The van der Waals surface area contributed by atoms with Gasteiger partial charge in [-0.15, -0.1) is 0 Å². The first-order valence-electron chi connectivity index (χ1n) is 9.98. The van der Waals surface area contributed by atoms with Crippen molar-refractivity contribution >= 4 is 11.9 Å². The maximum atomic E-state index is 12.9. The van der Waals surface area contributed by atoms with Crippen LogP contribution in [-0.4, -0.2) is 25.2 Å². The Morgan fingerprint density at radius 1 is 1.04 bits per heavy atom. The van der Waals surface area contributed by atoms with Crippen LogP contribution in [0.4, 0.5) is 0 Å². The summed E-state index contributed by atoms with van der Waals surface area (Å²) in [6, 6.07) is 5.05. The van der Waals surface area contributed by atoms with Crippen molar-refractivity contribution in [2.75, 3.05) is 13.3 Å². The summed E-state index contributed by atoms with van der Waals surface area (Å²) in [5.41, 5.74) is -0.171. The number of nitrogens with one attached hydrogen (secondary N) is 1. The van der Waals surface area contributed by atoms with Gasteiger partial charge in [0, 0.05) is 18.0 Å². The van der Waals surface area contributed by atoms with Crippen molar-refractivity contribution in [3.05, 3.63) is 18.2 Å². The fourth-order valence-corrected chi connectivity index (χ4v) is 5.98. The Bertz CT molecular complexity index is 739. The summed E-state index contributed by atoms with van der Waals surface area (Å²) in [6.07, 6.45) is 7.20. The van der Waals surface area contributed by atoms with E-state index in [2.05, 4.69) is 5.32 Å². The number of fused-ring (bicyclic) bond motifs is 1. The van der Waals surface area contributed by atoms with E-state index < -0.39 is 0 Å². The summed E-state index contributed by atoms with van der Waals surface area (Å²) in [7, 11) is 0. The van der Waals surface area contributed by atoms with Gasteiger partial charge in [-0.1, -0.05) is 0 Å². The highest BCUT2D eigenvalue weighted by molar-refractivity contribution is 5.83. The fourth-order valence-electron chi connectivity index (χ4n) is 5.98. The molecule has 0 unspecified atom stereocenters. The number of ether oxygens (including phenoxy) is 3. The molecule has 4 bridgehead atoms. The van der Waals surface area contributed by atoms with Gasteiger partial charge in [0.15, 0.2) is 11.5 Å². The van der Waals surface area contributed by atoms with Gasteiger partial charge >= 0.3 is 5.97 Å². The Kier molecular flexibility index (Phi) is 4.02. The fraction of sp³-hybridized carbons (Fsp3) is 0.619. The number of hydrogen-bond donors (Lipinski definition) is 1. The Labute approximate surface area is 158 Å². The highest BCUT2D eigenvalue weighted by Gasteiger charge is 2.54. The van der Waals surface area contributed by atoms with Crippen LogP contribution in [0.1, 0.15) is 44.9 Å². The molecule has 0 radical (unpaired) electrons. The lowest BCUT2D eigenvalue weighted by Gasteiger charge is -2.55. The third-order valence-corrected chi connectivity index (χ3v) is 6.71. The maximum Gasteiger partial charge on any atom is 0.312 e. The lowest BCUT2D eigenvalue weighted by molar-refractivity contribution is -0.146. The molecule has 1 N–H and O–H groups in total. The van der Waals surface area contributed by atoms with Crippen LogP contribution in [0.15, 0.2) is 18.2 Å². The number of esters is 1. The molecule has 4 fully saturated rings. The van der Waals surface area contributed by atoms with Gasteiger partial charge in [-0.25, -0.2) is 0 Å². The van der Waals surface area contributed by atoms with Gasteiger partial charge in [-0.3, -0.25) is 9.59 Å². The molecule has 144 valence electrons. The van der Waals surface area contributed by atoms with Gasteiger partial charge in [0.2, 0.25) is 12.7 Å². The van der Waals surface area contributed by atoms with E-state index in [9.17, 15) is 9.59 Å². The van der Waals surface area contributed by atoms with E-state index in [4.69, 9.17) is 14.2 Å². The minimum Gasteiger partial charge on any atom is -0.454 e. The minimum absolute atomic E-state index is 0.150. The minimum atomic E-state index is -0.361. The Hall–Kier alpha value is -2.24. The molecule has 1 aliphatic heterocycles. The van der Waals surface area contributed by atoms with E-state index in [1.807, 2.05) is 0 Å². The molecule has 6 heteroatoms. The van der Waals surface area contributed by atoms with E-state index in [1.54, 1.807) is 18.2 Å². The van der Waals surface area contributed by atoms with Crippen molar-refractivity contribution < 1.29 is 23.8 Å². The molecule has 4 saturated carbocycles. The third-order valence-electron chi connectivity index (χ3n) is 6.71. The third kappa shape index (κ3) is 3.15. The van der Waals surface area contributed by atoms with Crippen molar-refractivity contribution in [3.63, 3.8) is 0 Å². The molecule has 1 aromatic rings. The predicted molar refractivity (Wildman–Crippen MR) is 96.4 cm³/mol. The van der Waals surface area contributed by atoms with Crippen LogP contribution in [-0.2, 0) is 9.59 Å². The normalized spacial score (nSPS) is 32.4. The Morgan fingerprint density at radius 3 is 2.41 bits per heavy atom. The quantitative estimate of drug-likeness (QED) is 0.636. The largest absolute Gasteiger partial charge is 0.454 e. The van der Waals surface area contributed by atoms with Crippen LogP contribution in [0.25, 0.3) is 0 Å². The number of rotatable bonds is 5. The Balaban J connectivity index is 1.12. The molecule has 0 aromatic heterocycles. The average molecular weight is 371 g/mol. The van der Waals surface area contributed by atoms with Crippen molar-refractivity contribution in [2.45, 2.75) is 44.9 Å². The highest BCUT2D eigenvalue weighted by Crippen LogP contribution is 2.60. The lowest BCUT2D eigenvalue weighted by Crippen LogP contribution is -2.53. The second-order valence-electron chi connectivity index (χ2n) is 8.69. The first kappa shape index (κ1) is 16.9. The number of hydrogen-bond acceptors (Lipinski definition) is 5. The number of carbonyl (C=O) groups excluding carboxylic acids is 2. The predicted octanol–water partition coefficient (Wildman–Crippen LogP) is 3.04. The summed E-state index contributed by atoms with van der Waals surface area (Å²) < 4.78 is 15.9. The van der Waals surface area contributed by atoms with Crippen molar-refractivity contribution in [1.82, 2.24) is 5.32 Å². The van der Waals surface area contributed by atoms with Gasteiger partial charge < -0.3 is 19.5 Å². The molecule has 4 aliphatic carbocycles.